The van der Waals surface area contributed by atoms with Gasteiger partial charge in [-0.25, -0.2) is 22.6 Å². The summed E-state index contributed by atoms with van der Waals surface area (Å²) in [5.74, 6) is -0.999. The Morgan fingerprint density at radius 2 is 1.65 bits per heavy atom. The highest BCUT2D eigenvalue weighted by Gasteiger charge is 2.24. The predicted octanol–water partition coefficient (Wildman–Crippen LogP) is 7.12. The molecule has 1 N–H and O–H groups in total. The van der Waals surface area contributed by atoms with Gasteiger partial charge in [0.15, 0.2) is 0 Å². The second-order valence-electron chi connectivity index (χ2n) is 11.3. The van der Waals surface area contributed by atoms with Crippen LogP contribution >= 0.6 is 0 Å². The van der Waals surface area contributed by atoms with E-state index in [1.54, 1.807) is 30.5 Å². The molecule has 0 bridgehead atoms. The van der Waals surface area contributed by atoms with Crippen LogP contribution in [0.4, 0.5) is 10.1 Å². The molecule has 234 valence electrons. The van der Waals surface area contributed by atoms with Gasteiger partial charge < -0.3 is 14.6 Å². The number of carbonyl (C=O) groups is 1. The van der Waals surface area contributed by atoms with Crippen LogP contribution < -0.4 is 4.31 Å². The van der Waals surface area contributed by atoms with Crippen molar-refractivity contribution in [2.75, 3.05) is 38.6 Å². The van der Waals surface area contributed by atoms with Crippen molar-refractivity contribution < 1.29 is 22.3 Å². The number of nitrogens with one attached hydrogen (secondary N) is 1. The van der Waals surface area contributed by atoms with Crippen molar-refractivity contribution in [2.45, 2.75) is 11.3 Å². The number of esters is 1. The molecule has 0 aliphatic rings. The second kappa shape index (κ2) is 12.7. The Morgan fingerprint density at radius 1 is 0.891 bits per heavy atom. The Kier molecular flexibility index (Phi) is 8.57. The highest BCUT2D eigenvalue weighted by atomic mass is 32.2. The fraction of sp³-hybridized carbons (Fsp3) is 0.167. The van der Waals surface area contributed by atoms with Gasteiger partial charge in [-0.15, -0.1) is 0 Å². The molecule has 4 aromatic carbocycles. The molecule has 8 nitrogen and oxygen atoms in total. The van der Waals surface area contributed by atoms with Crippen LogP contribution in [0.1, 0.15) is 16.8 Å². The quantitative estimate of drug-likeness (QED) is 0.127. The van der Waals surface area contributed by atoms with E-state index in [9.17, 15) is 17.6 Å². The van der Waals surface area contributed by atoms with Crippen molar-refractivity contribution in [3.05, 3.63) is 115 Å². The number of carbonyl (C=O) groups excluding carboxylic acids is 1. The molecular formula is C36H33FN4O4S. The summed E-state index contributed by atoms with van der Waals surface area (Å²) in [5.41, 5.74) is 5.85. The Morgan fingerprint density at radius 3 is 2.37 bits per heavy atom. The van der Waals surface area contributed by atoms with Gasteiger partial charge >= 0.3 is 5.97 Å². The predicted molar refractivity (Wildman–Crippen MR) is 180 cm³/mol. The summed E-state index contributed by atoms with van der Waals surface area (Å²) in [6.45, 7) is 1.18. The van der Waals surface area contributed by atoms with Gasteiger partial charge in [-0.05, 0) is 80.2 Å². The summed E-state index contributed by atoms with van der Waals surface area (Å²) in [5, 5.41) is 1.60. The summed E-state index contributed by atoms with van der Waals surface area (Å²) in [6, 6.07) is 27.4. The average molecular weight is 637 g/mol. The van der Waals surface area contributed by atoms with Crippen molar-refractivity contribution in [2.24, 2.45) is 0 Å². The molecule has 0 saturated carbocycles. The molecule has 2 aromatic heterocycles. The van der Waals surface area contributed by atoms with Crippen molar-refractivity contribution in [3.63, 3.8) is 0 Å². The van der Waals surface area contributed by atoms with Crippen LogP contribution in [0.15, 0.2) is 108 Å². The molecule has 6 rings (SSSR count). The van der Waals surface area contributed by atoms with E-state index in [1.165, 1.54) is 25.2 Å². The lowest BCUT2D eigenvalue weighted by Crippen LogP contribution is -2.26. The van der Waals surface area contributed by atoms with E-state index in [0.29, 0.717) is 23.5 Å². The molecule has 6 aromatic rings. The van der Waals surface area contributed by atoms with Crippen molar-refractivity contribution in [1.29, 1.82) is 0 Å². The highest BCUT2D eigenvalue weighted by Crippen LogP contribution is 2.41. The zero-order valence-corrected chi connectivity index (χ0v) is 26.5. The zero-order valence-electron chi connectivity index (χ0n) is 25.7. The maximum atomic E-state index is 13.9. The molecule has 0 atom stereocenters. The molecule has 0 fully saturated rings. The number of H-pyrrole nitrogens is 1. The van der Waals surface area contributed by atoms with E-state index in [2.05, 4.69) is 4.98 Å². The molecule has 2 heterocycles. The summed E-state index contributed by atoms with van der Waals surface area (Å²) >= 11 is 0. The van der Waals surface area contributed by atoms with Gasteiger partial charge in [0, 0.05) is 47.2 Å². The second-order valence-corrected chi connectivity index (χ2v) is 13.3. The molecule has 0 aliphatic carbocycles. The molecule has 0 spiro atoms. The molecule has 10 heteroatoms. The van der Waals surface area contributed by atoms with Crippen molar-refractivity contribution >= 4 is 43.6 Å². The third-order valence-electron chi connectivity index (χ3n) is 7.90. The summed E-state index contributed by atoms with van der Waals surface area (Å²) < 4.78 is 47.4. The fourth-order valence-corrected chi connectivity index (χ4v) is 6.72. The van der Waals surface area contributed by atoms with E-state index in [-0.39, 0.29) is 10.9 Å². The molecule has 0 amide bonds. The lowest BCUT2D eigenvalue weighted by Gasteiger charge is -2.20. The average Bonchev–Trinajstić information content (AvgIpc) is 3.44. The summed E-state index contributed by atoms with van der Waals surface area (Å²) in [7, 11) is 1.38. The van der Waals surface area contributed by atoms with Gasteiger partial charge in [0.2, 0.25) is 0 Å². The third kappa shape index (κ3) is 6.09. The molecule has 0 aliphatic heterocycles. The number of aromatic amines is 1. The van der Waals surface area contributed by atoms with E-state index in [4.69, 9.17) is 9.72 Å². The van der Waals surface area contributed by atoms with Crippen LogP contribution in [0.5, 0.6) is 0 Å². The van der Waals surface area contributed by atoms with E-state index in [0.717, 1.165) is 61.9 Å². The first-order valence-corrected chi connectivity index (χ1v) is 16.2. The van der Waals surface area contributed by atoms with Crippen LogP contribution in [0, 0.1) is 5.82 Å². The fourth-order valence-electron chi connectivity index (χ4n) is 5.50. The Bertz CT molecular complexity index is 2150. The molecule has 0 radical (unpaired) electrons. The smallest absolute Gasteiger partial charge is 0.338 e. The number of anilines is 1. The Labute approximate surface area is 267 Å². The molecular weight excluding hydrogens is 603 g/mol. The lowest BCUT2D eigenvalue weighted by molar-refractivity contribution is 0.0493. The van der Waals surface area contributed by atoms with Crippen LogP contribution in [0.3, 0.4) is 0 Å². The van der Waals surface area contributed by atoms with Gasteiger partial charge in [-0.3, -0.25) is 4.31 Å². The van der Waals surface area contributed by atoms with E-state index in [1.807, 2.05) is 67.5 Å². The molecule has 0 unspecified atom stereocenters. The number of pyridine rings is 1. The minimum Gasteiger partial charge on any atom is -0.462 e. The number of hydrogen-bond acceptors (Lipinski definition) is 6. The zero-order chi connectivity index (χ0) is 32.4. The summed E-state index contributed by atoms with van der Waals surface area (Å²) in [4.78, 5) is 22.7. The number of sulfonamides is 1. The van der Waals surface area contributed by atoms with Gasteiger partial charge in [0.05, 0.1) is 22.8 Å². The van der Waals surface area contributed by atoms with E-state index < -0.39 is 15.8 Å². The number of halogens is 1. The number of ether oxygens (including phenoxy) is 1. The normalized spacial score (nSPS) is 11.8. The van der Waals surface area contributed by atoms with Crippen LogP contribution in [0.2, 0.25) is 0 Å². The van der Waals surface area contributed by atoms with Crippen LogP contribution in [0.25, 0.3) is 44.2 Å². The topological polar surface area (TPSA) is 95.6 Å². The minimum atomic E-state index is -4.03. The van der Waals surface area contributed by atoms with E-state index >= 15 is 0 Å². The largest absolute Gasteiger partial charge is 0.462 e. The van der Waals surface area contributed by atoms with Crippen molar-refractivity contribution in [3.8, 4) is 22.3 Å². The number of fused-ring (bicyclic) bond motifs is 3. The molecule has 46 heavy (non-hydrogen) atoms. The van der Waals surface area contributed by atoms with Gasteiger partial charge in [0.25, 0.3) is 10.0 Å². The highest BCUT2D eigenvalue weighted by molar-refractivity contribution is 7.92. The minimum absolute atomic E-state index is 0.135. The first-order chi connectivity index (χ1) is 22.1. The van der Waals surface area contributed by atoms with Crippen molar-refractivity contribution in [1.82, 2.24) is 14.9 Å². The number of rotatable bonds is 10. The van der Waals surface area contributed by atoms with Crippen LogP contribution in [-0.2, 0) is 14.8 Å². The lowest BCUT2D eigenvalue weighted by atomic mass is 9.92. The van der Waals surface area contributed by atoms with Gasteiger partial charge in [-0.2, -0.15) is 0 Å². The van der Waals surface area contributed by atoms with Gasteiger partial charge in [-0.1, -0.05) is 48.5 Å². The van der Waals surface area contributed by atoms with Crippen LogP contribution in [-0.4, -0.2) is 63.5 Å². The number of benzene rings is 4. The Balaban J connectivity index is 1.43. The SMILES string of the molecule is CN(C)CCCOC(=O)c1ccc(-c2cnc3[nH]c4ccc(N(C)S(=O)(=O)c5cccc(F)c5)cc4c3c2-c2ccccc2)cc1. The maximum Gasteiger partial charge on any atom is 0.338 e. The first kappa shape index (κ1) is 30.9. The standard InChI is InChI=1S/C36H33FN4O4S/c1-40(2)19-8-20-45-36(42)26-15-13-24(14-16-26)31-23-38-35-34(33(31)25-9-5-4-6-10-25)30-22-28(17-18-32(30)39-35)41(3)46(43,44)29-12-7-11-27(37)21-29/h4-7,9-18,21-23H,8,19-20H2,1-3H3,(H,38,39). The Hall–Kier alpha value is -5.06. The van der Waals surface area contributed by atoms with Gasteiger partial charge in [0.1, 0.15) is 11.5 Å². The monoisotopic (exact) mass is 636 g/mol. The number of hydrogen-bond donors (Lipinski definition) is 1. The summed E-state index contributed by atoms with van der Waals surface area (Å²) in [6.07, 6.45) is 2.55. The first-order valence-electron chi connectivity index (χ1n) is 14.8. The molecule has 0 saturated heterocycles. The number of nitrogens with zero attached hydrogens (tertiary/aromatic N) is 3. The number of aromatic nitrogens is 2. The maximum absolute atomic E-state index is 13.9. The third-order valence-corrected chi connectivity index (χ3v) is 9.68.